The first-order valence-corrected chi connectivity index (χ1v) is 9.71. The minimum atomic E-state index is -3.67. The molecule has 0 unspecified atom stereocenters. The predicted octanol–water partition coefficient (Wildman–Crippen LogP) is 1.32. The fraction of sp³-hybridized carbons (Fsp3) is 0.412. The molecule has 1 fully saturated rings. The lowest BCUT2D eigenvalue weighted by molar-refractivity contribution is 0.0697. The zero-order valence-electron chi connectivity index (χ0n) is 14.9. The Bertz CT molecular complexity index is 947. The summed E-state index contributed by atoms with van der Waals surface area (Å²) in [5.74, 6) is -0.769. The Hall–Kier alpha value is -2.26. The highest BCUT2D eigenvalue weighted by Gasteiger charge is 2.34. The number of carbonyl (C=O) groups excluding carboxylic acids is 1. The molecular formula is C17H21FN4O3S. The summed E-state index contributed by atoms with van der Waals surface area (Å²) in [6.45, 7) is 4.29. The molecule has 2 heterocycles. The minimum Gasteiger partial charge on any atom is -0.336 e. The van der Waals surface area contributed by atoms with Crippen LogP contribution in [0.15, 0.2) is 29.2 Å². The highest BCUT2D eigenvalue weighted by Crippen LogP contribution is 2.24. The van der Waals surface area contributed by atoms with Crippen LogP contribution in [0.5, 0.6) is 0 Å². The number of hydrogen-bond acceptors (Lipinski definition) is 4. The molecule has 26 heavy (non-hydrogen) atoms. The first-order valence-electron chi connectivity index (χ1n) is 8.27. The van der Waals surface area contributed by atoms with E-state index in [1.807, 2.05) is 0 Å². The number of rotatable bonds is 3. The van der Waals surface area contributed by atoms with Crippen molar-refractivity contribution in [2.24, 2.45) is 7.05 Å². The first-order chi connectivity index (χ1) is 12.2. The van der Waals surface area contributed by atoms with E-state index in [0.29, 0.717) is 11.4 Å². The summed E-state index contributed by atoms with van der Waals surface area (Å²) in [6.07, 6.45) is 0. The SMILES string of the molecule is Cc1nn(C)c(C)c1S(=O)(=O)N1CCN(C(=O)c2cccc(F)c2)CC1. The van der Waals surface area contributed by atoms with Gasteiger partial charge in [-0.3, -0.25) is 9.48 Å². The van der Waals surface area contributed by atoms with E-state index < -0.39 is 15.8 Å². The molecule has 2 aromatic rings. The quantitative estimate of drug-likeness (QED) is 0.805. The van der Waals surface area contributed by atoms with Crippen LogP contribution < -0.4 is 0 Å². The Balaban J connectivity index is 1.75. The van der Waals surface area contributed by atoms with Crippen LogP contribution >= 0.6 is 0 Å². The van der Waals surface area contributed by atoms with Crippen molar-refractivity contribution in [3.63, 3.8) is 0 Å². The number of aromatic nitrogens is 2. The molecule has 0 radical (unpaired) electrons. The van der Waals surface area contributed by atoms with E-state index in [-0.39, 0.29) is 42.5 Å². The van der Waals surface area contributed by atoms with E-state index in [1.165, 1.54) is 22.5 Å². The van der Waals surface area contributed by atoms with Crippen molar-refractivity contribution in [1.29, 1.82) is 0 Å². The maximum Gasteiger partial charge on any atom is 0.254 e. The van der Waals surface area contributed by atoms with Gasteiger partial charge < -0.3 is 4.90 Å². The van der Waals surface area contributed by atoms with Gasteiger partial charge >= 0.3 is 0 Å². The highest BCUT2D eigenvalue weighted by molar-refractivity contribution is 7.89. The van der Waals surface area contributed by atoms with Crippen LogP contribution in [0.2, 0.25) is 0 Å². The van der Waals surface area contributed by atoms with Gasteiger partial charge in [-0.15, -0.1) is 0 Å². The standard InChI is InChI=1S/C17H21FN4O3S/c1-12-16(13(2)20(3)19-12)26(24,25)22-9-7-21(8-10-22)17(23)14-5-4-6-15(18)11-14/h4-6,11H,7-10H2,1-3H3. The van der Waals surface area contributed by atoms with Crippen LogP contribution in [-0.4, -0.2) is 59.5 Å². The van der Waals surface area contributed by atoms with Gasteiger partial charge in [0.25, 0.3) is 5.91 Å². The Kier molecular flexibility index (Phi) is 4.85. The van der Waals surface area contributed by atoms with Crippen molar-refractivity contribution in [3.8, 4) is 0 Å². The third kappa shape index (κ3) is 3.24. The predicted molar refractivity (Wildman–Crippen MR) is 93.7 cm³/mol. The zero-order valence-corrected chi connectivity index (χ0v) is 15.8. The van der Waals surface area contributed by atoms with Crippen molar-refractivity contribution in [2.75, 3.05) is 26.2 Å². The topological polar surface area (TPSA) is 75.5 Å². The van der Waals surface area contributed by atoms with Gasteiger partial charge in [0.1, 0.15) is 10.7 Å². The lowest BCUT2D eigenvalue weighted by atomic mass is 10.2. The van der Waals surface area contributed by atoms with Gasteiger partial charge in [0.05, 0.1) is 11.4 Å². The van der Waals surface area contributed by atoms with E-state index in [0.717, 1.165) is 0 Å². The van der Waals surface area contributed by atoms with Gasteiger partial charge in [-0.05, 0) is 32.0 Å². The Morgan fingerprint density at radius 2 is 1.81 bits per heavy atom. The van der Waals surface area contributed by atoms with Crippen LogP contribution in [0.1, 0.15) is 21.7 Å². The average Bonchev–Trinajstić information content (AvgIpc) is 2.87. The van der Waals surface area contributed by atoms with E-state index >= 15 is 0 Å². The molecule has 7 nitrogen and oxygen atoms in total. The number of piperazine rings is 1. The third-order valence-electron chi connectivity index (χ3n) is 4.64. The second kappa shape index (κ2) is 6.81. The number of aryl methyl sites for hydroxylation is 2. The molecule has 1 aromatic heterocycles. The second-order valence-electron chi connectivity index (χ2n) is 6.33. The normalized spacial score (nSPS) is 16.1. The summed E-state index contributed by atoms with van der Waals surface area (Å²) in [5, 5.41) is 4.17. The van der Waals surface area contributed by atoms with Crippen molar-refractivity contribution in [2.45, 2.75) is 18.7 Å². The number of carbonyl (C=O) groups is 1. The monoisotopic (exact) mass is 380 g/mol. The summed E-state index contributed by atoms with van der Waals surface area (Å²) in [7, 11) is -1.97. The van der Waals surface area contributed by atoms with Gasteiger partial charge in [-0.25, -0.2) is 12.8 Å². The highest BCUT2D eigenvalue weighted by atomic mass is 32.2. The number of nitrogens with zero attached hydrogens (tertiary/aromatic N) is 4. The molecule has 140 valence electrons. The molecule has 1 amide bonds. The van der Waals surface area contributed by atoms with E-state index in [9.17, 15) is 17.6 Å². The lowest BCUT2D eigenvalue weighted by Gasteiger charge is -2.34. The lowest BCUT2D eigenvalue weighted by Crippen LogP contribution is -2.50. The zero-order chi connectivity index (χ0) is 19.1. The second-order valence-corrected chi connectivity index (χ2v) is 8.20. The fourth-order valence-electron chi connectivity index (χ4n) is 3.19. The van der Waals surface area contributed by atoms with Crippen LogP contribution in [-0.2, 0) is 17.1 Å². The molecule has 0 atom stereocenters. The van der Waals surface area contributed by atoms with Gasteiger partial charge in [0.2, 0.25) is 10.0 Å². The third-order valence-corrected chi connectivity index (χ3v) is 6.79. The number of amides is 1. The number of halogens is 1. The van der Waals surface area contributed by atoms with Crippen LogP contribution in [0.25, 0.3) is 0 Å². The van der Waals surface area contributed by atoms with Crippen LogP contribution in [0.3, 0.4) is 0 Å². The largest absolute Gasteiger partial charge is 0.336 e. The van der Waals surface area contributed by atoms with Crippen LogP contribution in [0.4, 0.5) is 4.39 Å². The van der Waals surface area contributed by atoms with Crippen LogP contribution in [0, 0.1) is 19.7 Å². The molecule has 1 aromatic carbocycles. The molecule has 1 saturated heterocycles. The van der Waals surface area contributed by atoms with Crippen molar-refractivity contribution in [3.05, 3.63) is 47.0 Å². The summed E-state index contributed by atoms with van der Waals surface area (Å²) in [5.41, 5.74) is 1.31. The number of sulfonamides is 1. The maximum atomic E-state index is 13.3. The summed E-state index contributed by atoms with van der Waals surface area (Å²) in [4.78, 5) is 14.2. The van der Waals surface area contributed by atoms with Gasteiger partial charge in [-0.2, -0.15) is 9.40 Å². The molecule has 1 aliphatic heterocycles. The molecule has 3 rings (SSSR count). The Morgan fingerprint density at radius 3 is 2.35 bits per heavy atom. The molecule has 0 N–H and O–H groups in total. The molecule has 0 aliphatic carbocycles. The van der Waals surface area contributed by atoms with E-state index in [1.54, 1.807) is 36.5 Å². The maximum absolute atomic E-state index is 13.3. The van der Waals surface area contributed by atoms with Crippen molar-refractivity contribution in [1.82, 2.24) is 19.0 Å². The summed E-state index contributed by atoms with van der Waals surface area (Å²) in [6, 6.07) is 5.50. The number of benzene rings is 1. The molecule has 0 saturated carbocycles. The molecular weight excluding hydrogens is 359 g/mol. The summed E-state index contributed by atoms with van der Waals surface area (Å²) < 4.78 is 42.1. The number of hydrogen-bond donors (Lipinski definition) is 0. The first kappa shape index (κ1) is 18.5. The van der Waals surface area contributed by atoms with Gasteiger partial charge in [0, 0.05) is 38.8 Å². The molecule has 0 spiro atoms. The summed E-state index contributed by atoms with van der Waals surface area (Å²) >= 11 is 0. The Labute approximate surface area is 152 Å². The molecule has 1 aliphatic rings. The Morgan fingerprint density at radius 1 is 1.15 bits per heavy atom. The smallest absolute Gasteiger partial charge is 0.254 e. The molecule has 0 bridgehead atoms. The van der Waals surface area contributed by atoms with E-state index in [4.69, 9.17) is 0 Å². The minimum absolute atomic E-state index is 0.192. The van der Waals surface area contributed by atoms with Crippen molar-refractivity contribution < 1.29 is 17.6 Å². The average molecular weight is 380 g/mol. The molecule has 9 heteroatoms. The van der Waals surface area contributed by atoms with Crippen molar-refractivity contribution >= 4 is 15.9 Å². The van der Waals surface area contributed by atoms with Gasteiger partial charge in [-0.1, -0.05) is 6.07 Å². The fourth-order valence-corrected chi connectivity index (χ4v) is 5.01. The van der Waals surface area contributed by atoms with E-state index in [2.05, 4.69) is 5.10 Å². The van der Waals surface area contributed by atoms with Gasteiger partial charge in [0.15, 0.2) is 0 Å².